The van der Waals surface area contributed by atoms with Crippen molar-refractivity contribution >= 4 is 11.7 Å². The van der Waals surface area contributed by atoms with Crippen LogP contribution in [0, 0.1) is 11.8 Å². The van der Waals surface area contributed by atoms with Gasteiger partial charge in [0.2, 0.25) is 11.4 Å². The zero-order chi connectivity index (χ0) is 12.9. The number of aliphatic hydroxyl groups excluding tert-OH is 1. The van der Waals surface area contributed by atoms with Crippen molar-refractivity contribution in [2.24, 2.45) is 0 Å². The molecular formula is C12H17NO4. The summed E-state index contributed by atoms with van der Waals surface area (Å²) in [6.07, 6.45) is 2.30. The van der Waals surface area contributed by atoms with Gasteiger partial charge in [-0.25, -0.2) is 0 Å². The molecule has 0 aromatic rings. The second kappa shape index (κ2) is 5.80. The Morgan fingerprint density at radius 1 is 1.65 bits per heavy atom. The van der Waals surface area contributed by atoms with E-state index in [2.05, 4.69) is 17.2 Å². The lowest BCUT2D eigenvalue weighted by Gasteiger charge is -2.13. The molecule has 1 fully saturated rings. The van der Waals surface area contributed by atoms with Crippen LogP contribution in [0.4, 0.5) is 0 Å². The van der Waals surface area contributed by atoms with E-state index in [4.69, 9.17) is 5.11 Å². The second-order valence-electron chi connectivity index (χ2n) is 4.15. The van der Waals surface area contributed by atoms with Gasteiger partial charge in [-0.2, -0.15) is 0 Å². The van der Waals surface area contributed by atoms with Gasteiger partial charge < -0.3 is 15.5 Å². The summed E-state index contributed by atoms with van der Waals surface area (Å²) in [6, 6.07) is -0.575. The summed E-state index contributed by atoms with van der Waals surface area (Å²) in [5.74, 6) is 3.37. The molecule has 17 heavy (non-hydrogen) atoms. The Morgan fingerprint density at radius 2 is 2.35 bits per heavy atom. The van der Waals surface area contributed by atoms with Crippen LogP contribution in [0.25, 0.3) is 0 Å². The minimum Gasteiger partial charge on any atom is -0.394 e. The first-order chi connectivity index (χ1) is 8.04. The summed E-state index contributed by atoms with van der Waals surface area (Å²) in [5.41, 5.74) is -2.09. The number of ketones is 1. The van der Waals surface area contributed by atoms with Gasteiger partial charge >= 0.3 is 0 Å². The van der Waals surface area contributed by atoms with Crippen molar-refractivity contribution in [2.45, 2.75) is 44.2 Å². The minimum absolute atomic E-state index is 0.121. The summed E-state index contributed by atoms with van der Waals surface area (Å²) in [4.78, 5) is 23.1. The molecule has 0 aliphatic carbocycles. The van der Waals surface area contributed by atoms with Crippen molar-refractivity contribution in [1.82, 2.24) is 5.32 Å². The van der Waals surface area contributed by atoms with Gasteiger partial charge in [0, 0.05) is 12.8 Å². The van der Waals surface area contributed by atoms with Gasteiger partial charge in [-0.15, -0.1) is 0 Å². The number of unbranched alkanes of at least 4 members (excludes halogenated alkanes) is 2. The number of carbonyl (C=O) groups excluding carboxylic acids is 2. The highest BCUT2D eigenvalue weighted by Crippen LogP contribution is 2.21. The fourth-order valence-electron chi connectivity index (χ4n) is 1.62. The molecule has 0 aromatic heterocycles. The number of rotatable bonds is 4. The first-order valence-corrected chi connectivity index (χ1v) is 5.72. The number of amides is 1. The van der Waals surface area contributed by atoms with Gasteiger partial charge in [-0.1, -0.05) is 19.3 Å². The third-order valence-corrected chi connectivity index (χ3v) is 2.71. The highest BCUT2D eigenvalue weighted by Gasteiger charge is 2.50. The van der Waals surface area contributed by atoms with Crippen LogP contribution < -0.4 is 5.32 Å². The highest BCUT2D eigenvalue weighted by molar-refractivity contribution is 6.17. The van der Waals surface area contributed by atoms with Crippen molar-refractivity contribution in [1.29, 1.82) is 0 Å². The van der Waals surface area contributed by atoms with E-state index in [-0.39, 0.29) is 13.0 Å². The van der Waals surface area contributed by atoms with Crippen LogP contribution in [-0.2, 0) is 9.59 Å². The molecule has 0 aromatic carbocycles. The number of aliphatic hydroxyl groups is 2. The van der Waals surface area contributed by atoms with Crippen molar-refractivity contribution in [3.8, 4) is 11.8 Å². The molecule has 0 spiro atoms. The Kier molecular flexibility index (Phi) is 4.67. The van der Waals surface area contributed by atoms with E-state index < -0.39 is 23.3 Å². The molecule has 1 aliphatic rings. The van der Waals surface area contributed by atoms with Gasteiger partial charge in [0.1, 0.15) is 0 Å². The van der Waals surface area contributed by atoms with Crippen molar-refractivity contribution in [3.05, 3.63) is 0 Å². The molecule has 3 N–H and O–H groups in total. The molecule has 1 saturated heterocycles. The highest BCUT2D eigenvalue weighted by atomic mass is 16.3. The lowest BCUT2D eigenvalue weighted by molar-refractivity contribution is -0.145. The van der Waals surface area contributed by atoms with Crippen LogP contribution in [0.3, 0.4) is 0 Å². The van der Waals surface area contributed by atoms with E-state index in [9.17, 15) is 14.7 Å². The summed E-state index contributed by atoms with van der Waals surface area (Å²) in [7, 11) is 0. The molecule has 1 rings (SSSR count). The summed E-state index contributed by atoms with van der Waals surface area (Å²) in [6.45, 7) is 1.71. The number of hydrogen-bond acceptors (Lipinski definition) is 4. The largest absolute Gasteiger partial charge is 0.394 e. The first-order valence-electron chi connectivity index (χ1n) is 5.72. The van der Waals surface area contributed by atoms with Gasteiger partial charge in [-0.05, 0) is 12.3 Å². The van der Waals surface area contributed by atoms with Gasteiger partial charge in [-0.3, -0.25) is 9.59 Å². The predicted octanol–water partition coefficient (Wildman–Crippen LogP) is -0.639. The van der Waals surface area contributed by atoms with Crippen LogP contribution >= 0.6 is 0 Å². The average Bonchev–Trinajstić information content (AvgIpc) is 2.62. The smallest absolute Gasteiger partial charge is 0.261 e. The third-order valence-electron chi connectivity index (χ3n) is 2.71. The minimum atomic E-state index is -2.09. The van der Waals surface area contributed by atoms with E-state index in [1.54, 1.807) is 0 Å². The van der Waals surface area contributed by atoms with Gasteiger partial charge in [0.05, 0.1) is 12.6 Å². The fourth-order valence-corrected chi connectivity index (χ4v) is 1.62. The van der Waals surface area contributed by atoms with Crippen LogP contribution in [0.2, 0.25) is 0 Å². The van der Waals surface area contributed by atoms with E-state index in [0.29, 0.717) is 6.42 Å². The lowest BCUT2D eigenvalue weighted by atomic mass is 9.94. The number of Topliss-reactive ketones (excluding diaryl/α,β-unsaturated/α-hetero) is 1. The molecule has 1 unspecified atom stereocenters. The molecule has 1 amide bonds. The molecule has 0 saturated carbocycles. The number of carbonyl (C=O) groups is 2. The quantitative estimate of drug-likeness (QED) is 0.264. The molecule has 5 nitrogen and oxygen atoms in total. The summed E-state index contributed by atoms with van der Waals surface area (Å²) >= 11 is 0. The number of hydrogen-bond donors (Lipinski definition) is 3. The number of nitrogens with one attached hydrogen (secondary N) is 1. The first kappa shape index (κ1) is 13.7. The molecule has 0 bridgehead atoms. The van der Waals surface area contributed by atoms with E-state index in [1.807, 2.05) is 6.92 Å². The Morgan fingerprint density at radius 3 is 2.88 bits per heavy atom. The molecule has 2 atom stereocenters. The Balaban J connectivity index is 2.66. The molecule has 5 heteroatoms. The summed E-state index contributed by atoms with van der Waals surface area (Å²) < 4.78 is 0. The second-order valence-corrected chi connectivity index (χ2v) is 4.15. The maximum atomic E-state index is 11.6. The zero-order valence-corrected chi connectivity index (χ0v) is 9.82. The lowest BCUT2D eigenvalue weighted by Crippen LogP contribution is -2.45. The topological polar surface area (TPSA) is 86.6 Å². The van der Waals surface area contributed by atoms with Crippen LogP contribution in [-0.4, -0.2) is 40.2 Å². The summed E-state index contributed by atoms with van der Waals surface area (Å²) in [5, 5.41) is 21.1. The van der Waals surface area contributed by atoms with Crippen molar-refractivity contribution in [3.63, 3.8) is 0 Å². The van der Waals surface area contributed by atoms with Crippen LogP contribution in [0.5, 0.6) is 0 Å². The molecule has 0 radical (unpaired) electrons. The normalized spacial score (nSPS) is 27.2. The zero-order valence-electron chi connectivity index (χ0n) is 9.82. The van der Waals surface area contributed by atoms with Crippen LogP contribution in [0.1, 0.15) is 32.6 Å². The van der Waals surface area contributed by atoms with E-state index in [1.165, 1.54) is 0 Å². The van der Waals surface area contributed by atoms with E-state index in [0.717, 1.165) is 12.8 Å². The third kappa shape index (κ3) is 3.05. The molecule has 1 aliphatic heterocycles. The predicted molar refractivity (Wildman–Crippen MR) is 60.9 cm³/mol. The Bertz CT molecular complexity index is 368. The Labute approximate surface area is 100 Å². The van der Waals surface area contributed by atoms with E-state index >= 15 is 0 Å². The fraction of sp³-hybridized carbons (Fsp3) is 0.667. The Hall–Kier alpha value is -1.38. The molecule has 1 heterocycles. The van der Waals surface area contributed by atoms with Crippen LogP contribution in [0.15, 0.2) is 0 Å². The molecule has 94 valence electrons. The van der Waals surface area contributed by atoms with Crippen molar-refractivity contribution < 1.29 is 19.8 Å². The monoisotopic (exact) mass is 239 g/mol. The van der Waals surface area contributed by atoms with Gasteiger partial charge in [0.25, 0.3) is 5.91 Å². The average molecular weight is 239 g/mol. The maximum absolute atomic E-state index is 11.6. The van der Waals surface area contributed by atoms with Crippen molar-refractivity contribution in [2.75, 3.05) is 6.61 Å². The standard InChI is InChI=1S/C12H17NO4/c1-2-3-4-5-6-10(15)12(17)7-9(8-14)13-11(12)16/h9,14,17H,2-4,7-8H2,1H3,(H,13,16)/t9-,12?/m0/s1. The SMILES string of the molecule is CCCCC#CC(=O)C1(O)C[C@@H](CO)NC1=O. The van der Waals surface area contributed by atoms with Gasteiger partial charge in [0.15, 0.2) is 0 Å². The molecular weight excluding hydrogens is 222 g/mol. The maximum Gasteiger partial charge on any atom is 0.261 e.